The Kier molecular flexibility index (Phi) is 5.55. The molecule has 6 nitrogen and oxygen atoms in total. The molecule has 1 aromatic heterocycles. The number of carbonyl (C=O) groups is 1. The summed E-state index contributed by atoms with van der Waals surface area (Å²) < 4.78 is 12.1. The van der Waals surface area contributed by atoms with Crippen molar-refractivity contribution >= 4 is 5.97 Å². The van der Waals surface area contributed by atoms with Crippen LogP contribution in [0.1, 0.15) is 35.3 Å². The Labute approximate surface area is 119 Å². The maximum atomic E-state index is 11.6. The third-order valence-corrected chi connectivity index (χ3v) is 3.71. The van der Waals surface area contributed by atoms with Crippen LogP contribution in [0.15, 0.2) is 6.20 Å². The van der Waals surface area contributed by atoms with Crippen LogP contribution < -0.4 is 0 Å². The molecule has 0 atom stereocenters. The molecule has 0 aliphatic carbocycles. The fourth-order valence-electron chi connectivity index (χ4n) is 2.46. The third-order valence-electron chi connectivity index (χ3n) is 3.71. The van der Waals surface area contributed by atoms with Crippen LogP contribution in [0, 0.1) is 0 Å². The van der Waals surface area contributed by atoms with Gasteiger partial charge in [0.15, 0.2) is 0 Å². The number of ether oxygens (including phenoxy) is 2. The average Bonchev–Trinajstić information content (AvgIpc) is 2.85. The molecule has 1 fully saturated rings. The number of aryl methyl sites for hydroxylation is 1. The normalized spacial score (nSPS) is 16.3. The molecule has 112 valence electrons. The summed E-state index contributed by atoms with van der Waals surface area (Å²) in [4.78, 5) is 14.0. The van der Waals surface area contributed by atoms with Gasteiger partial charge < -0.3 is 14.4 Å². The fourth-order valence-corrected chi connectivity index (χ4v) is 2.46. The Morgan fingerprint density at radius 2 is 2.10 bits per heavy atom. The van der Waals surface area contributed by atoms with E-state index in [9.17, 15) is 4.79 Å². The monoisotopic (exact) mass is 281 g/mol. The Morgan fingerprint density at radius 3 is 2.80 bits per heavy atom. The molecule has 0 saturated carbocycles. The van der Waals surface area contributed by atoms with Crippen LogP contribution in [0.25, 0.3) is 0 Å². The predicted octanol–water partition coefficient (Wildman–Crippen LogP) is 1.21. The van der Waals surface area contributed by atoms with E-state index < -0.39 is 0 Å². The van der Waals surface area contributed by atoms with Gasteiger partial charge in [0.05, 0.1) is 32.2 Å². The van der Waals surface area contributed by atoms with E-state index >= 15 is 0 Å². The molecule has 20 heavy (non-hydrogen) atoms. The molecule has 1 saturated heterocycles. The van der Waals surface area contributed by atoms with Crippen LogP contribution in [-0.4, -0.2) is 54.0 Å². The second-order valence-corrected chi connectivity index (χ2v) is 5.08. The SMILES string of the molecule is COC(=O)c1cnn(C)c1COCCN1CCCCC1. The topological polar surface area (TPSA) is 56.6 Å². The van der Waals surface area contributed by atoms with Gasteiger partial charge in [0.2, 0.25) is 0 Å². The number of nitrogens with zero attached hydrogens (tertiary/aromatic N) is 3. The highest BCUT2D eigenvalue weighted by molar-refractivity contribution is 5.90. The lowest BCUT2D eigenvalue weighted by atomic mass is 10.1. The number of esters is 1. The van der Waals surface area contributed by atoms with E-state index in [2.05, 4.69) is 10.00 Å². The Bertz CT molecular complexity index is 439. The number of hydrogen-bond donors (Lipinski definition) is 0. The maximum absolute atomic E-state index is 11.6. The minimum absolute atomic E-state index is 0.368. The molecule has 2 heterocycles. The molecule has 0 spiro atoms. The van der Waals surface area contributed by atoms with E-state index in [4.69, 9.17) is 9.47 Å². The van der Waals surface area contributed by atoms with Gasteiger partial charge in [0, 0.05) is 13.6 Å². The van der Waals surface area contributed by atoms with Gasteiger partial charge in [-0.1, -0.05) is 6.42 Å². The summed E-state index contributed by atoms with van der Waals surface area (Å²) in [6, 6.07) is 0. The first kappa shape index (κ1) is 15.0. The van der Waals surface area contributed by atoms with Gasteiger partial charge in [0.1, 0.15) is 5.56 Å². The lowest BCUT2D eigenvalue weighted by Gasteiger charge is -2.26. The van der Waals surface area contributed by atoms with Gasteiger partial charge >= 0.3 is 5.97 Å². The zero-order valence-corrected chi connectivity index (χ0v) is 12.3. The summed E-state index contributed by atoms with van der Waals surface area (Å²) in [5, 5.41) is 4.08. The van der Waals surface area contributed by atoms with Crippen molar-refractivity contribution in [3.8, 4) is 0 Å². The van der Waals surface area contributed by atoms with Crippen LogP contribution in [0.5, 0.6) is 0 Å². The predicted molar refractivity (Wildman–Crippen MR) is 74.5 cm³/mol. The van der Waals surface area contributed by atoms with Crippen LogP contribution in [0.4, 0.5) is 0 Å². The summed E-state index contributed by atoms with van der Waals surface area (Å²) >= 11 is 0. The van der Waals surface area contributed by atoms with Gasteiger partial charge in [0.25, 0.3) is 0 Å². The van der Waals surface area contributed by atoms with E-state index in [1.807, 2.05) is 0 Å². The Morgan fingerprint density at radius 1 is 1.35 bits per heavy atom. The molecule has 0 amide bonds. The van der Waals surface area contributed by atoms with Crippen LogP contribution in [0.3, 0.4) is 0 Å². The highest BCUT2D eigenvalue weighted by Gasteiger charge is 2.16. The standard InChI is InChI=1S/C14H23N3O3/c1-16-13(12(10-15-16)14(18)19-2)11-20-9-8-17-6-4-3-5-7-17/h10H,3-9,11H2,1-2H3. The van der Waals surface area contributed by atoms with E-state index in [-0.39, 0.29) is 5.97 Å². The lowest BCUT2D eigenvalue weighted by molar-refractivity contribution is 0.0583. The molecule has 6 heteroatoms. The van der Waals surface area contributed by atoms with E-state index in [1.54, 1.807) is 11.7 Å². The smallest absolute Gasteiger partial charge is 0.341 e. The molecule has 0 N–H and O–H groups in total. The molecule has 0 unspecified atom stereocenters. The van der Waals surface area contributed by atoms with Crippen LogP contribution in [0.2, 0.25) is 0 Å². The Hall–Kier alpha value is -1.40. The largest absolute Gasteiger partial charge is 0.465 e. The first-order valence-electron chi connectivity index (χ1n) is 7.11. The number of piperidine rings is 1. The number of hydrogen-bond acceptors (Lipinski definition) is 5. The van der Waals surface area contributed by atoms with E-state index in [1.165, 1.54) is 45.7 Å². The number of rotatable bonds is 6. The molecule has 1 aromatic rings. The van der Waals surface area contributed by atoms with Crippen molar-refractivity contribution in [1.82, 2.24) is 14.7 Å². The lowest BCUT2D eigenvalue weighted by Crippen LogP contribution is -2.32. The number of carbonyl (C=O) groups excluding carboxylic acids is 1. The highest BCUT2D eigenvalue weighted by Crippen LogP contribution is 2.11. The average molecular weight is 281 g/mol. The first-order valence-corrected chi connectivity index (χ1v) is 7.11. The number of methoxy groups -OCH3 is 1. The van der Waals surface area contributed by atoms with Crippen molar-refractivity contribution in [1.29, 1.82) is 0 Å². The Balaban J connectivity index is 1.78. The molecule has 0 radical (unpaired) electrons. The van der Waals surface area contributed by atoms with E-state index in [0.29, 0.717) is 18.8 Å². The van der Waals surface area contributed by atoms with E-state index in [0.717, 1.165) is 12.2 Å². The minimum Gasteiger partial charge on any atom is -0.465 e. The summed E-state index contributed by atoms with van der Waals surface area (Å²) in [7, 11) is 3.17. The fraction of sp³-hybridized carbons (Fsp3) is 0.714. The molecule has 0 aromatic carbocycles. The minimum atomic E-state index is -0.368. The molecule has 0 bridgehead atoms. The second-order valence-electron chi connectivity index (χ2n) is 5.08. The highest BCUT2D eigenvalue weighted by atomic mass is 16.5. The number of likely N-dealkylation sites (tertiary alicyclic amines) is 1. The summed E-state index contributed by atoms with van der Waals surface area (Å²) in [6.07, 6.45) is 5.44. The maximum Gasteiger partial charge on any atom is 0.341 e. The van der Waals surface area contributed by atoms with Crippen LogP contribution in [-0.2, 0) is 23.1 Å². The first-order chi connectivity index (χ1) is 9.72. The molecule has 1 aliphatic heterocycles. The molecule has 1 aliphatic rings. The van der Waals surface area contributed by atoms with Crippen LogP contribution >= 0.6 is 0 Å². The summed E-state index contributed by atoms with van der Waals surface area (Å²) in [5.41, 5.74) is 1.24. The van der Waals surface area contributed by atoms with Crippen molar-refractivity contribution in [3.05, 3.63) is 17.5 Å². The number of aromatic nitrogens is 2. The van der Waals surface area contributed by atoms with Gasteiger partial charge in [-0.15, -0.1) is 0 Å². The summed E-state index contributed by atoms with van der Waals surface area (Å²) in [6.45, 7) is 4.34. The van der Waals surface area contributed by atoms with Gasteiger partial charge in [-0.3, -0.25) is 4.68 Å². The molecular weight excluding hydrogens is 258 g/mol. The quantitative estimate of drug-likeness (QED) is 0.579. The van der Waals surface area contributed by atoms with Gasteiger partial charge in [-0.05, 0) is 25.9 Å². The third kappa shape index (κ3) is 3.80. The zero-order chi connectivity index (χ0) is 14.4. The van der Waals surface area contributed by atoms with Crippen molar-refractivity contribution in [2.45, 2.75) is 25.9 Å². The molecular formula is C14H23N3O3. The molecule has 2 rings (SSSR count). The zero-order valence-electron chi connectivity index (χ0n) is 12.3. The van der Waals surface area contributed by atoms with Crippen molar-refractivity contribution in [2.24, 2.45) is 7.05 Å². The summed E-state index contributed by atoms with van der Waals surface area (Å²) in [5.74, 6) is -0.368. The van der Waals surface area contributed by atoms with Gasteiger partial charge in [-0.2, -0.15) is 5.10 Å². The van der Waals surface area contributed by atoms with Crippen molar-refractivity contribution < 1.29 is 14.3 Å². The second kappa shape index (κ2) is 7.40. The van der Waals surface area contributed by atoms with Crippen molar-refractivity contribution in [3.63, 3.8) is 0 Å². The van der Waals surface area contributed by atoms with Gasteiger partial charge in [-0.25, -0.2) is 4.79 Å². The van der Waals surface area contributed by atoms with Crippen molar-refractivity contribution in [2.75, 3.05) is 33.4 Å².